The van der Waals surface area contributed by atoms with Gasteiger partial charge in [-0.15, -0.1) is 0 Å². The van der Waals surface area contributed by atoms with Crippen LogP contribution in [0.1, 0.15) is 24.4 Å². The van der Waals surface area contributed by atoms with E-state index in [1.54, 1.807) is 0 Å². The maximum atomic E-state index is 9.80. The molecule has 0 bridgehead atoms. The SMILES string of the molecule is N[C@@H](c1cc(O)cc(O)c1)[C@H](O)C1CC1. The number of aliphatic hydroxyl groups excluding tert-OH is 1. The minimum Gasteiger partial charge on any atom is -0.508 e. The molecule has 0 unspecified atom stereocenters. The van der Waals surface area contributed by atoms with Crippen LogP contribution in [0.25, 0.3) is 0 Å². The van der Waals surface area contributed by atoms with Crippen molar-refractivity contribution < 1.29 is 15.3 Å². The van der Waals surface area contributed by atoms with Crippen molar-refractivity contribution in [2.75, 3.05) is 0 Å². The van der Waals surface area contributed by atoms with Crippen molar-refractivity contribution in [1.82, 2.24) is 0 Å². The lowest BCUT2D eigenvalue weighted by Crippen LogP contribution is -2.27. The summed E-state index contributed by atoms with van der Waals surface area (Å²) in [6, 6.07) is 3.63. The van der Waals surface area contributed by atoms with Gasteiger partial charge < -0.3 is 21.1 Å². The highest BCUT2D eigenvalue weighted by molar-refractivity contribution is 5.38. The van der Waals surface area contributed by atoms with E-state index in [4.69, 9.17) is 5.73 Å². The van der Waals surface area contributed by atoms with Gasteiger partial charge in [0.15, 0.2) is 0 Å². The predicted octanol–water partition coefficient (Wildman–Crippen LogP) is 0.868. The Balaban J connectivity index is 2.19. The fourth-order valence-corrected chi connectivity index (χ4v) is 1.74. The Morgan fingerprint density at radius 1 is 1.13 bits per heavy atom. The Morgan fingerprint density at radius 3 is 2.13 bits per heavy atom. The average molecular weight is 209 g/mol. The smallest absolute Gasteiger partial charge is 0.119 e. The second kappa shape index (κ2) is 3.72. The molecule has 1 aliphatic carbocycles. The van der Waals surface area contributed by atoms with Crippen molar-refractivity contribution in [2.45, 2.75) is 25.0 Å². The molecule has 2 rings (SSSR count). The van der Waals surface area contributed by atoms with Gasteiger partial charge in [-0.05, 0) is 36.5 Å². The number of hydrogen-bond acceptors (Lipinski definition) is 4. The molecule has 0 spiro atoms. The lowest BCUT2D eigenvalue weighted by molar-refractivity contribution is 0.122. The molecular formula is C11H15NO3. The standard InChI is InChI=1S/C11H15NO3/c12-10(11(15)6-1-2-6)7-3-8(13)5-9(14)4-7/h3-6,10-11,13-15H,1-2,12H2/t10-,11+/m0/s1. The second-order valence-electron chi connectivity index (χ2n) is 4.14. The number of hydrogen-bond donors (Lipinski definition) is 4. The van der Waals surface area contributed by atoms with E-state index >= 15 is 0 Å². The van der Waals surface area contributed by atoms with Crippen LogP contribution in [0.5, 0.6) is 11.5 Å². The van der Waals surface area contributed by atoms with Crippen LogP contribution in [0.15, 0.2) is 18.2 Å². The molecule has 4 heteroatoms. The minimum atomic E-state index is -0.591. The van der Waals surface area contributed by atoms with Crippen LogP contribution in [-0.4, -0.2) is 21.4 Å². The number of aromatic hydroxyl groups is 2. The van der Waals surface area contributed by atoms with Gasteiger partial charge in [-0.25, -0.2) is 0 Å². The molecule has 0 heterocycles. The monoisotopic (exact) mass is 209 g/mol. The summed E-state index contributed by atoms with van der Waals surface area (Å²) in [6.45, 7) is 0. The molecule has 0 aromatic heterocycles. The third-order valence-corrected chi connectivity index (χ3v) is 2.78. The molecule has 0 aliphatic heterocycles. The highest BCUT2D eigenvalue weighted by atomic mass is 16.3. The van der Waals surface area contributed by atoms with E-state index in [9.17, 15) is 15.3 Å². The van der Waals surface area contributed by atoms with Crippen LogP contribution in [-0.2, 0) is 0 Å². The van der Waals surface area contributed by atoms with Crippen LogP contribution >= 0.6 is 0 Å². The van der Waals surface area contributed by atoms with Gasteiger partial charge in [-0.3, -0.25) is 0 Å². The summed E-state index contributed by atoms with van der Waals surface area (Å²) in [5.41, 5.74) is 6.41. The third kappa shape index (κ3) is 2.22. The molecular weight excluding hydrogens is 194 g/mol. The van der Waals surface area contributed by atoms with Gasteiger partial charge in [0.05, 0.1) is 12.1 Å². The predicted molar refractivity (Wildman–Crippen MR) is 55.4 cm³/mol. The first-order valence-corrected chi connectivity index (χ1v) is 5.04. The number of benzene rings is 1. The van der Waals surface area contributed by atoms with Gasteiger partial charge in [0.1, 0.15) is 11.5 Å². The Hall–Kier alpha value is -1.26. The largest absolute Gasteiger partial charge is 0.508 e. The quantitative estimate of drug-likeness (QED) is 0.595. The van der Waals surface area contributed by atoms with Crippen molar-refractivity contribution in [3.05, 3.63) is 23.8 Å². The van der Waals surface area contributed by atoms with Crippen molar-refractivity contribution in [3.63, 3.8) is 0 Å². The second-order valence-corrected chi connectivity index (χ2v) is 4.14. The number of phenolic OH excluding ortho intramolecular Hbond substituents is 2. The van der Waals surface area contributed by atoms with Crippen LogP contribution in [0.4, 0.5) is 0 Å². The summed E-state index contributed by atoms with van der Waals surface area (Å²) < 4.78 is 0. The third-order valence-electron chi connectivity index (χ3n) is 2.78. The van der Waals surface area contributed by atoms with Gasteiger partial charge in [-0.1, -0.05) is 0 Å². The van der Waals surface area contributed by atoms with Crippen molar-refractivity contribution in [2.24, 2.45) is 11.7 Å². The molecule has 0 saturated heterocycles. The maximum Gasteiger partial charge on any atom is 0.119 e. The molecule has 0 amide bonds. The summed E-state index contributed by atoms with van der Waals surface area (Å²) in [4.78, 5) is 0. The van der Waals surface area contributed by atoms with E-state index in [0.717, 1.165) is 12.8 Å². The van der Waals surface area contributed by atoms with E-state index in [-0.39, 0.29) is 17.4 Å². The Morgan fingerprint density at radius 2 is 1.67 bits per heavy atom. The highest BCUT2D eigenvalue weighted by Crippen LogP contribution is 2.38. The van der Waals surface area contributed by atoms with Crippen LogP contribution in [0.3, 0.4) is 0 Å². The van der Waals surface area contributed by atoms with Gasteiger partial charge in [0.2, 0.25) is 0 Å². The molecule has 1 aliphatic rings. The van der Waals surface area contributed by atoms with Gasteiger partial charge in [-0.2, -0.15) is 0 Å². The molecule has 1 aromatic carbocycles. The summed E-state index contributed by atoms with van der Waals surface area (Å²) >= 11 is 0. The fraction of sp³-hybridized carbons (Fsp3) is 0.455. The molecule has 15 heavy (non-hydrogen) atoms. The lowest BCUT2D eigenvalue weighted by atomic mass is 9.99. The molecule has 82 valence electrons. The molecule has 4 nitrogen and oxygen atoms in total. The number of nitrogens with two attached hydrogens (primary N) is 1. The number of rotatable bonds is 3. The molecule has 1 fully saturated rings. The molecule has 1 saturated carbocycles. The Kier molecular flexibility index (Phi) is 2.54. The highest BCUT2D eigenvalue weighted by Gasteiger charge is 2.34. The van der Waals surface area contributed by atoms with Crippen molar-refractivity contribution in [1.29, 1.82) is 0 Å². The summed E-state index contributed by atoms with van der Waals surface area (Å²) in [7, 11) is 0. The van der Waals surface area contributed by atoms with E-state index < -0.39 is 12.1 Å². The van der Waals surface area contributed by atoms with Crippen LogP contribution in [0.2, 0.25) is 0 Å². The molecule has 0 radical (unpaired) electrons. The van der Waals surface area contributed by atoms with Crippen molar-refractivity contribution >= 4 is 0 Å². The van der Waals surface area contributed by atoms with Crippen LogP contribution in [0, 0.1) is 5.92 Å². The summed E-state index contributed by atoms with van der Waals surface area (Å²) in [5, 5.41) is 28.4. The summed E-state index contributed by atoms with van der Waals surface area (Å²) in [6.07, 6.45) is 1.41. The van der Waals surface area contributed by atoms with Gasteiger partial charge in [0.25, 0.3) is 0 Å². The topological polar surface area (TPSA) is 86.7 Å². The van der Waals surface area contributed by atoms with E-state index in [1.165, 1.54) is 18.2 Å². The number of aliphatic hydroxyl groups is 1. The van der Waals surface area contributed by atoms with E-state index in [0.29, 0.717) is 5.56 Å². The van der Waals surface area contributed by atoms with E-state index in [2.05, 4.69) is 0 Å². The number of phenols is 2. The molecule has 2 atom stereocenters. The Labute approximate surface area is 88.0 Å². The first-order chi connectivity index (χ1) is 7.08. The maximum absolute atomic E-state index is 9.80. The van der Waals surface area contributed by atoms with Gasteiger partial charge >= 0.3 is 0 Å². The minimum absolute atomic E-state index is 0.0385. The lowest BCUT2D eigenvalue weighted by Gasteiger charge is -2.19. The van der Waals surface area contributed by atoms with Gasteiger partial charge in [0, 0.05) is 6.07 Å². The van der Waals surface area contributed by atoms with Crippen LogP contribution < -0.4 is 5.73 Å². The molecule has 5 N–H and O–H groups in total. The Bertz CT molecular complexity index is 343. The summed E-state index contributed by atoms with van der Waals surface area (Å²) in [5.74, 6) is 0.191. The zero-order valence-corrected chi connectivity index (χ0v) is 8.30. The average Bonchev–Trinajstić information content (AvgIpc) is 2.97. The van der Waals surface area contributed by atoms with E-state index in [1.807, 2.05) is 0 Å². The fourth-order valence-electron chi connectivity index (χ4n) is 1.74. The zero-order chi connectivity index (χ0) is 11.0. The first-order valence-electron chi connectivity index (χ1n) is 5.04. The first kappa shape index (κ1) is 10.3. The molecule has 1 aromatic rings. The normalized spacial score (nSPS) is 19.9. The zero-order valence-electron chi connectivity index (χ0n) is 8.30. The van der Waals surface area contributed by atoms with Crippen molar-refractivity contribution in [3.8, 4) is 11.5 Å².